The SMILES string of the molecule is COC(=O)c1ccc(COc2ncnc3sc4c(c23)CCCC4)cc1. The van der Waals surface area contributed by atoms with E-state index in [1.807, 2.05) is 12.1 Å². The van der Waals surface area contributed by atoms with Crippen LogP contribution in [0, 0.1) is 0 Å². The van der Waals surface area contributed by atoms with Crippen molar-refractivity contribution in [3.05, 3.63) is 52.2 Å². The Kier molecular flexibility index (Phi) is 4.36. The summed E-state index contributed by atoms with van der Waals surface area (Å²) in [5.74, 6) is 0.316. The summed E-state index contributed by atoms with van der Waals surface area (Å²) >= 11 is 1.76. The van der Waals surface area contributed by atoms with Crippen LogP contribution in [0.15, 0.2) is 30.6 Å². The molecule has 0 aliphatic heterocycles. The second-order valence-corrected chi connectivity index (χ2v) is 7.13. The van der Waals surface area contributed by atoms with E-state index in [0.717, 1.165) is 28.6 Å². The molecule has 6 heteroatoms. The van der Waals surface area contributed by atoms with Crippen molar-refractivity contribution in [1.29, 1.82) is 0 Å². The summed E-state index contributed by atoms with van der Waals surface area (Å²) in [4.78, 5) is 22.7. The topological polar surface area (TPSA) is 61.3 Å². The largest absolute Gasteiger partial charge is 0.472 e. The van der Waals surface area contributed by atoms with Gasteiger partial charge in [0.15, 0.2) is 0 Å². The summed E-state index contributed by atoms with van der Waals surface area (Å²) in [7, 11) is 1.38. The number of benzene rings is 1. The van der Waals surface area contributed by atoms with Gasteiger partial charge in [0.05, 0.1) is 18.1 Å². The lowest BCUT2D eigenvalue weighted by atomic mass is 9.97. The fourth-order valence-corrected chi connectivity index (χ4v) is 4.40. The number of fused-ring (bicyclic) bond motifs is 3. The monoisotopic (exact) mass is 354 g/mol. The fraction of sp³-hybridized carbons (Fsp3) is 0.316. The molecule has 0 atom stereocenters. The first-order valence-corrected chi connectivity index (χ1v) is 9.13. The van der Waals surface area contributed by atoms with Crippen LogP contribution < -0.4 is 4.74 Å². The minimum Gasteiger partial charge on any atom is -0.472 e. The van der Waals surface area contributed by atoms with E-state index < -0.39 is 0 Å². The second kappa shape index (κ2) is 6.80. The van der Waals surface area contributed by atoms with Gasteiger partial charge in [-0.3, -0.25) is 0 Å². The Bertz CT molecular complexity index is 918. The van der Waals surface area contributed by atoms with Crippen molar-refractivity contribution in [2.24, 2.45) is 0 Å². The number of hydrogen-bond donors (Lipinski definition) is 0. The van der Waals surface area contributed by atoms with Crippen molar-refractivity contribution >= 4 is 27.5 Å². The van der Waals surface area contributed by atoms with Crippen molar-refractivity contribution in [3.63, 3.8) is 0 Å². The number of aryl methyl sites for hydroxylation is 2. The molecule has 0 fully saturated rings. The van der Waals surface area contributed by atoms with Gasteiger partial charge >= 0.3 is 5.97 Å². The Morgan fingerprint density at radius 2 is 1.96 bits per heavy atom. The zero-order valence-corrected chi connectivity index (χ0v) is 14.8. The molecule has 3 aromatic rings. The predicted molar refractivity (Wildman–Crippen MR) is 96.2 cm³/mol. The molecule has 5 nitrogen and oxygen atoms in total. The number of methoxy groups -OCH3 is 1. The van der Waals surface area contributed by atoms with Crippen molar-refractivity contribution in [2.75, 3.05) is 7.11 Å². The van der Waals surface area contributed by atoms with Gasteiger partial charge in [0.25, 0.3) is 0 Å². The first-order valence-electron chi connectivity index (χ1n) is 8.31. The highest BCUT2D eigenvalue weighted by Gasteiger charge is 2.20. The Labute approximate surface area is 149 Å². The van der Waals surface area contributed by atoms with Gasteiger partial charge in [-0.15, -0.1) is 11.3 Å². The number of carbonyl (C=O) groups is 1. The first kappa shape index (κ1) is 16.0. The number of carbonyl (C=O) groups excluding carboxylic acids is 1. The summed E-state index contributed by atoms with van der Waals surface area (Å²) in [6, 6.07) is 7.22. The standard InChI is InChI=1S/C19H18N2O3S/c1-23-19(22)13-8-6-12(7-9-13)10-24-17-16-14-4-2-3-5-15(14)25-18(16)21-11-20-17/h6-9,11H,2-5,10H2,1H3. The molecule has 0 amide bonds. The van der Waals surface area contributed by atoms with Gasteiger partial charge in [0.1, 0.15) is 17.8 Å². The Morgan fingerprint density at radius 3 is 2.76 bits per heavy atom. The van der Waals surface area contributed by atoms with Gasteiger partial charge in [-0.1, -0.05) is 12.1 Å². The second-order valence-electron chi connectivity index (χ2n) is 6.05. The molecule has 2 aromatic heterocycles. The Morgan fingerprint density at radius 1 is 1.16 bits per heavy atom. The third kappa shape index (κ3) is 3.09. The summed E-state index contributed by atoms with van der Waals surface area (Å²) in [6.45, 7) is 0.401. The van der Waals surface area contributed by atoms with Crippen LogP contribution in [0.3, 0.4) is 0 Å². The summed E-state index contributed by atoms with van der Waals surface area (Å²) in [6.07, 6.45) is 6.23. The number of hydrogen-bond acceptors (Lipinski definition) is 6. The molecular formula is C19H18N2O3S. The Balaban J connectivity index is 1.57. The average Bonchev–Trinajstić information content (AvgIpc) is 3.05. The summed E-state index contributed by atoms with van der Waals surface area (Å²) in [5.41, 5.74) is 2.87. The zero-order valence-electron chi connectivity index (χ0n) is 13.9. The molecule has 128 valence electrons. The van der Waals surface area contributed by atoms with Crippen molar-refractivity contribution in [1.82, 2.24) is 9.97 Å². The molecule has 1 aromatic carbocycles. The van der Waals surface area contributed by atoms with Crippen LogP contribution in [0.2, 0.25) is 0 Å². The van der Waals surface area contributed by atoms with Gasteiger partial charge in [0, 0.05) is 4.88 Å². The van der Waals surface area contributed by atoms with Crippen LogP contribution in [0.4, 0.5) is 0 Å². The molecule has 0 spiro atoms. The van der Waals surface area contributed by atoms with Crippen LogP contribution >= 0.6 is 11.3 Å². The maximum atomic E-state index is 11.5. The molecule has 1 aliphatic rings. The highest BCUT2D eigenvalue weighted by atomic mass is 32.1. The van der Waals surface area contributed by atoms with E-state index >= 15 is 0 Å². The Hall–Kier alpha value is -2.47. The quantitative estimate of drug-likeness (QED) is 0.664. The molecule has 0 unspecified atom stereocenters. The highest BCUT2D eigenvalue weighted by molar-refractivity contribution is 7.18. The molecule has 0 bridgehead atoms. The molecule has 1 aliphatic carbocycles. The lowest BCUT2D eigenvalue weighted by Crippen LogP contribution is -2.03. The molecule has 4 rings (SSSR count). The number of aromatic nitrogens is 2. The number of esters is 1. The van der Waals surface area contributed by atoms with Crippen LogP contribution in [0.5, 0.6) is 5.88 Å². The van der Waals surface area contributed by atoms with E-state index in [4.69, 9.17) is 9.47 Å². The van der Waals surface area contributed by atoms with Crippen molar-refractivity contribution in [2.45, 2.75) is 32.3 Å². The van der Waals surface area contributed by atoms with Crippen LogP contribution in [-0.2, 0) is 24.2 Å². The van der Waals surface area contributed by atoms with E-state index in [1.54, 1.807) is 29.8 Å². The van der Waals surface area contributed by atoms with Crippen LogP contribution in [-0.4, -0.2) is 23.0 Å². The van der Waals surface area contributed by atoms with Crippen LogP contribution in [0.1, 0.15) is 39.2 Å². The maximum absolute atomic E-state index is 11.5. The minimum absolute atomic E-state index is 0.338. The fourth-order valence-electron chi connectivity index (χ4n) is 3.18. The van der Waals surface area contributed by atoms with Gasteiger partial charge < -0.3 is 9.47 Å². The van der Waals surface area contributed by atoms with E-state index in [-0.39, 0.29) is 5.97 Å². The van der Waals surface area contributed by atoms with Gasteiger partial charge in [-0.25, -0.2) is 14.8 Å². The summed E-state index contributed by atoms with van der Waals surface area (Å²) in [5, 5.41) is 1.08. The number of thiophene rings is 1. The van der Waals surface area contributed by atoms with Gasteiger partial charge in [0.2, 0.25) is 5.88 Å². The number of ether oxygens (including phenoxy) is 2. The normalized spacial score (nSPS) is 13.5. The average molecular weight is 354 g/mol. The third-order valence-corrected chi connectivity index (χ3v) is 5.67. The predicted octanol–water partition coefficient (Wildman–Crippen LogP) is 3.94. The van der Waals surface area contributed by atoms with Gasteiger partial charge in [-0.2, -0.15) is 0 Å². The highest BCUT2D eigenvalue weighted by Crippen LogP contribution is 2.39. The van der Waals surface area contributed by atoms with Crippen molar-refractivity contribution < 1.29 is 14.3 Å². The molecule has 0 saturated carbocycles. The van der Waals surface area contributed by atoms with Crippen molar-refractivity contribution in [3.8, 4) is 5.88 Å². The lowest BCUT2D eigenvalue weighted by Gasteiger charge is -2.12. The van der Waals surface area contributed by atoms with Gasteiger partial charge in [-0.05, 0) is 48.9 Å². The third-order valence-electron chi connectivity index (χ3n) is 4.47. The van der Waals surface area contributed by atoms with Crippen LogP contribution in [0.25, 0.3) is 10.2 Å². The number of nitrogens with zero attached hydrogens (tertiary/aromatic N) is 2. The molecule has 2 heterocycles. The molecule has 0 N–H and O–H groups in total. The molecule has 25 heavy (non-hydrogen) atoms. The van der Waals surface area contributed by atoms with E-state index in [0.29, 0.717) is 18.1 Å². The van der Waals surface area contributed by atoms with E-state index in [2.05, 4.69) is 9.97 Å². The van der Waals surface area contributed by atoms with E-state index in [1.165, 1.54) is 30.4 Å². The smallest absolute Gasteiger partial charge is 0.337 e. The number of rotatable bonds is 4. The lowest BCUT2D eigenvalue weighted by molar-refractivity contribution is 0.0600. The first-order chi connectivity index (χ1) is 12.3. The zero-order chi connectivity index (χ0) is 17.2. The maximum Gasteiger partial charge on any atom is 0.337 e. The minimum atomic E-state index is -0.338. The van der Waals surface area contributed by atoms with E-state index in [9.17, 15) is 4.79 Å². The summed E-state index contributed by atoms with van der Waals surface area (Å²) < 4.78 is 10.7. The molecule has 0 radical (unpaired) electrons. The molecule has 0 saturated heterocycles. The molecular weight excluding hydrogens is 336 g/mol.